The number of piperidine rings is 2. The minimum Gasteiger partial charge on any atom is -0.369 e. The van der Waals surface area contributed by atoms with E-state index in [1.807, 2.05) is 18.2 Å². The fourth-order valence-corrected chi connectivity index (χ4v) is 8.72. The smallest absolute Gasteiger partial charge is 0.369 e. The Morgan fingerprint density at radius 1 is 0.929 bits per heavy atom. The first kappa shape index (κ1) is 41.7. The van der Waals surface area contributed by atoms with E-state index in [0.29, 0.717) is 37.0 Å². The van der Waals surface area contributed by atoms with Crippen molar-refractivity contribution in [2.45, 2.75) is 101 Å². The van der Waals surface area contributed by atoms with Gasteiger partial charge in [-0.2, -0.15) is 18.2 Å². The van der Waals surface area contributed by atoms with Crippen LogP contribution in [0.4, 0.5) is 40.7 Å². The van der Waals surface area contributed by atoms with Gasteiger partial charge < -0.3 is 20.0 Å². The minimum absolute atomic E-state index is 0.0292. The van der Waals surface area contributed by atoms with Crippen LogP contribution in [0.15, 0.2) is 47.5 Å². The summed E-state index contributed by atoms with van der Waals surface area (Å²) in [6, 6.07) is 11.7. The van der Waals surface area contributed by atoms with Gasteiger partial charge in [-0.15, -0.1) is 0 Å². The number of likely N-dealkylation sites (N-methyl/N-ethyl adjacent to an activating group) is 1. The van der Waals surface area contributed by atoms with Crippen LogP contribution in [-0.4, -0.2) is 79.0 Å². The standard InChI is InChI=1S/C25H34F3N5S.C16H20FN3O2/c1-3-18-14-20(34-32-19-9-5-4-6-10-19)11-12-22(18)30-24-29-15-21(25(26,27)28)23(31-24)33-13-7-8-17(2)16-33;1-19-6-8-20(9-7-19)11-2-3-12(14(17)10-11)13-4-5-15(21)18-16(13)22/h11-12,14-15,17,19,32H,3-10,13,16H2,1-2H3,(H,29,30,31);2-3,10,13H,4-9H2,1H3,(H,18,21,22). The molecule has 15 heteroatoms. The average Bonchev–Trinajstić information content (AvgIpc) is 3.18. The zero-order chi connectivity index (χ0) is 39.8. The van der Waals surface area contributed by atoms with Crippen molar-refractivity contribution in [1.82, 2.24) is 24.9 Å². The highest BCUT2D eigenvalue weighted by molar-refractivity contribution is 7.97. The third kappa shape index (κ3) is 10.9. The molecule has 4 fully saturated rings. The van der Waals surface area contributed by atoms with Crippen molar-refractivity contribution in [2.24, 2.45) is 5.92 Å². The maximum absolute atomic E-state index is 14.4. The summed E-state index contributed by atoms with van der Waals surface area (Å²) in [5.74, 6) is -1.13. The lowest BCUT2D eigenvalue weighted by atomic mass is 9.90. The molecule has 304 valence electrons. The number of halogens is 4. The highest BCUT2D eigenvalue weighted by Gasteiger charge is 2.38. The number of hydrogen-bond acceptors (Lipinski definition) is 10. The molecule has 3 aromatic rings. The van der Waals surface area contributed by atoms with Crippen molar-refractivity contribution >= 4 is 46.9 Å². The summed E-state index contributed by atoms with van der Waals surface area (Å²) in [5, 5.41) is 5.46. The van der Waals surface area contributed by atoms with E-state index in [9.17, 15) is 27.2 Å². The van der Waals surface area contributed by atoms with E-state index in [2.05, 4.69) is 62.1 Å². The van der Waals surface area contributed by atoms with Crippen LogP contribution in [0.1, 0.15) is 94.2 Å². The number of hydrogen-bond donors (Lipinski definition) is 3. The van der Waals surface area contributed by atoms with Crippen LogP contribution in [-0.2, 0) is 22.2 Å². The molecule has 4 aliphatic rings. The molecule has 10 nitrogen and oxygen atoms in total. The summed E-state index contributed by atoms with van der Waals surface area (Å²) >= 11 is 1.66. The summed E-state index contributed by atoms with van der Waals surface area (Å²) in [6.07, 6.45) is 6.05. The van der Waals surface area contributed by atoms with Crippen molar-refractivity contribution in [3.8, 4) is 0 Å². The Hall–Kier alpha value is -3.95. The second-order valence-corrected chi connectivity index (χ2v) is 16.4. The number of imide groups is 1. The minimum atomic E-state index is -4.49. The van der Waals surface area contributed by atoms with E-state index in [0.717, 1.165) is 73.5 Å². The number of rotatable bonds is 9. The Labute approximate surface area is 331 Å². The van der Waals surface area contributed by atoms with Crippen molar-refractivity contribution < 1.29 is 27.2 Å². The lowest BCUT2D eigenvalue weighted by molar-refractivity contribution is -0.138. The van der Waals surface area contributed by atoms with Crippen LogP contribution in [0.5, 0.6) is 0 Å². The molecule has 7 rings (SSSR count). The molecule has 3 aliphatic heterocycles. The van der Waals surface area contributed by atoms with E-state index in [4.69, 9.17) is 0 Å². The number of aromatic nitrogens is 2. The van der Waals surface area contributed by atoms with Gasteiger partial charge in [0.15, 0.2) is 0 Å². The van der Waals surface area contributed by atoms with Crippen LogP contribution < -0.4 is 25.2 Å². The SMILES string of the molecule is CCc1cc(SNC2CCCCC2)ccc1Nc1ncc(C(F)(F)F)c(N2CCCC(C)C2)n1.CN1CCN(c2ccc(C3CCC(=O)NC3=O)c(F)c2)CC1. The van der Waals surface area contributed by atoms with Crippen LogP contribution in [0.3, 0.4) is 0 Å². The second-order valence-electron chi connectivity index (χ2n) is 15.5. The Bertz CT molecular complexity index is 1820. The van der Waals surface area contributed by atoms with Gasteiger partial charge in [0.1, 0.15) is 17.2 Å². The Morgan fingerprint density at radius 3 is 2.38 bits per heavy atom. The third-order valence-corrected chi connectivity index (χ3v) is 12.1. The predicted octanol–water partition coefficient (Wildman–Crippen LogP) is 8.06. The number of nitrogens with one attached hydrogen (secondary N) is 3. The van der Waals surface area contributed by atoms with E-state index >= 15 is 0 Å². The highest BCUT2D eigenvalue weighted by atomic mass is 32.2. The van der Waals surface area contributed by atoms with Gasteiger partial charge in [-0.3, -0.25) is 19.6 Å². The van der Waals surface area contributed by atoms with Crippen LogP contribution >= 0.6 is 11.9 Å². The molecule has 3 saturated heterocycles. The van der Waals surface area contributed by atoms with Gasteiger partial charge in [0.25, 0.3) is 0 Å². The number of carbonyl (C=O) groups excluding carboxylic acids is 2. The normalized spacial score (nSPS) is 21.3. The summed E-state index contributed by atoms with van der Waals surface area (Å²) in [4.78, 5) is 38.7. The van der Waals surface area contributed by atoms with Crippen molar-refractivity contribution in [1.29, 1.82) is 0 Å². The molecule has 2 atom stereocenters. The number of aryl methyl sites for hydroxylation is 1. The predicted molar refractivity (Wildman–Crippen MR) is 214 cm³/mol. The molecule has 0 bridgehead atoms. The van der Waals surface area contributed by atoms with E-state index < -0.39 is 23.6 Å². The van der Waals surface area contributed by atoms with E-state index in [1.165, 1.54) is 38.2 Å². The molecule has 2 unspecified atom stereocenters. The number of carbonyl (C=O) groups is 2. The highest BCUT2D eigenvalue weighted by Crippen LogP contribution is 2.38. The van der Waals surface area contributed by atoms with Gasteiger partial charge in [0, 0.05) is 79.8 Å². The summed E-state index contributed by atoms with van der Waals surface area (Å²) in [7, 11) is 2.07. The van der Waals surface area contributed by atoms with Gasteiger partial charge in [-0.25, -0.2) is 9.37 Å². The lowest BCUT2D eigenvalue weighted by Crippen LogP contribution is -2.44. The number of amides is 2. The maximum atomic E-state index is 14.4. The Kier molecular flexibility index (Phi) is 14.1. The molecule has 1 saturated carbocycles. The third-order valence-electron chi connectivity index (χ3n) is 11.2. The largest absolute Gasteiger partial charge is 0.421 e. The average molecular weight is 799 g/mol. The Morgan fingerprint density at radius 2 is 1.70 bits per heavy atom. The van der Waals surface area contributed by atoms with Gasteiger partial charge in [0.05, 0.1) is 5.92 Å². The first-order valence-electron chi connectivity index (χ1n) is 20.0. The monoisotopic (exact) mass is 798 g/mol. The zero-order valence-corrected chi connectivity index (χ0v) is 33.4. The molecule has 2 amide bonds. The molecule has 1 aromatic heterocycles. The van der Waals surface area contributed by atoms with E-state index in [-0.39, 0.29) is 29.9 Å². The van der Waals surface area contributed by atoms with Crippen LogP contribution in [0.25, 0.3) is 0 Å². The van der Waals surface area contributed by atoms with Gasteiger partial charge >= 0.3 is 6.18 Å². The molecule has 3 N–H and O–H groups in total. The molecule has 4 heterocycles. The van der Waals surface area contributed by atoms with Crippen molar-refractivity contribution in [3.63, 3.8) is 0 Å². The molecule has 0 radical (unpaired) electrons. The fourth-order valence-electron chi connectivity index (χ4n) is 7.85. The molecule has 0 spiro atoms. The van der Waals surface area contributed by atoms with Gasteiger partial charge in [-0.1, -0.05) is 39.2 Å². The molecular weight excluding hydrogens is 745 g/mol. The summed E-state index contributed by atoms with van der Waals surface area (Å²) in [5.41, 5.74) is 2.35. The molecule has 2 aromatic carbocycles. The second kappa shape index (κ2) is 19.0. The topological polar surface area (TPSA) is 106 Å². The van der Waals surface area contributed by atoms with Gasteiger partial charge in [-0.05, 0) is 99.3 Å². The van der Waals surface area contributed by atoms with Crippen LogP contribution in [0.2, 0.25) is 0 Å². The zero-order valence-electron chi connectivity index (χ0n) is 32.6. The number of nitrogens with zero attached hydrogens (tertiary/aromatic N) is 5. The molecule has 56 heavy (non-hydrogen) atoms. The quantitative estimate of drug-likeness (QED) is 0.112. The molecular formula is C41H54F4N8O2S. The number of piperazine rings is 1. The first-order valence-corrected chi connectivity index (χ1v) is 20.8. The summed E-state index contributed by atoms with van der Waals surface area (Å²) < 4.78 is 59.1. The first-order chi connectivity index (χ1) is 26.9. The Balaban J connectivity index is 0.000000208. The number of alkyl halides is 3. The summed E-state index contributed by atoms with van der Waals surface area (Å²) in [6.45, 7) is 8.92. The lowest BCUT2D eigenvalue weighted by Gasteiger charge is -2.34. The fraction of sp³-hybridized carbons (Fsp3) is 0.561. The van der Waals surface area contributed by atoms with Crippen LogP contribution in [0, 0.1) is 11.7 Å². The maximum Gasteiger partial charge on any atom is 0.421 e. The number of benzene rings is 2. The van der Waals surface area contributed by atoms with Gasteiger partial charge in [0.2, 0.25) is 17.8 Å². The van der Waals surface area contributed by atoms with Crippen molar-refractivity contribution in [3.05, 3.63) is 65.1 Å². The van der Waals surface area contributed by atoms with E-state index in [1.54, 1.807) is 22.9 Å². The van der Waals surface area contributed by atoms with Crippen molar-refractivity contribution in [2.75, 3.05) is 61.4 Å². The number of anilines is 4. The molecule has 1 aliphatic carbocycles.